The van der Waals surface area contributed by atoms with E-state index < -0.39 is 0 Å². The van der Waals surface area contributed by atoms with Gasteiger partial charge in [-0.15, -0.1) is 0 Å². The topological polar surface area (TPSA) is 70.7 Å². The fraction of sp³-hybridized carbons (Fsp3) is 0.259. The largest absolute Gasteiger partial charge is 0.376 e. The number of carbonyl (C=O) groups is 2. The van der Waals surface area contributed by atoms with Crippen LogP contribution < -0.4 is 10.6 Å². The van der Waals surface area contributed by atoms with E-state index in [0.717, 1.165) is 36.3 Å². The van der Waals surface area contributed by atoms with E-state index in [1.165, 1.54) is 12.1 Å². The number of ether oxygens (including phenoxy) is 1. The van der Waals surface area contributed by atoms with Gasteiger partial charge in [-0.3, -0.25) is 9.59 Å². The van der Waals surface area contributed by atoms with Crippen molar-refractivity contribution in [1.29, 1.82) is 0 Å². The highest BCUT2D eigenvalue weighted by atomic mass is 19.1. The molecule has 1 saturated heterocycles. The highest BCUT2D eigenvalue weighted by Gasteiger charge is 2.38. The van der Waals surface area contributed by atoms with Crippen molar-refractivity contribution in [2.75, 3.05) is 18.5 Å². The Morgan fingerprint density at radius 1 is 1.03 bits per heavy atom. The van der Waals surface area contributed by atoms with Gasteiger partial charge in [0.1, 0.15) is 12.0 Å². The molecule has 7 heteroatoms. The first-order valence-corrected chi connectivity index (χ1v) is 11.5. The molecule has 6 nitrogen and oxygen atoms in total. The molecule has 2 aliphatic heterocycles. The summed E-state index contributed by atoms with van der Waals surface area (Å²) in [5, 5.41) is 6.31. The Balaban J connectivity index is 1.27. The lowest BCUT2D eigenvalue weighted by molar-refractivity contribution is 0.0489. The van der Waals surface area contributed by atoms with Crippen molar-refractivity contribution in [3.05, 3.63) is 101 Å². The fourth-order valence-electron chi connectivity index (χ4n) is 4.48. The third-order valence-corrected chi connectivity index (χ3v) is 6.30. The average Bonchev–Trinajstić information content (AvgIpc) is 3.47. The average molecular weight is 460 g/mol. The van der Waals surface area contributed by atoms with E-state index in [0.29, 0.717) is 24.2 Å². The zero-order chi connectivity index (χ0) is 23.5. The Morgan fingerprint density at radius 3 is 2.53 bits per heavy atom. The third-order valence-electron chi connectivity index (χ3n) is 6.30. The fourth-order valence-corrected chi connectivity index (χ4v) is 4.48. The van der Waals surface area contributed by atoms with E-state index in [-0.39, 0.29) is 29.9 Å². The lowest BCUT2D eigenvalue weighted by Crippen LogP contribution is -2.38. The van der Waals surface area contributed by atoms with Gasteiger partial charge in [0.15, 0.2) is 0 Å². The van der Waals surface area contributed by atoms with Crippen molar-refractivity contribution in [3.8, 4) is 0 Å². The Morgan fingerprint density at radius 2 is 1.79 bits per heavy atom. The van der Waals surface area contributed by atoms with Crippen molar-refractivity contribution in [2.24, 2.45) is 0 Å². The van der Waals surface area contributed by atoms with Crippen LogP contribution in [0.2, 0.25) is 0 Å². The van der Waals surface area contributed by atoms with Crippen molar-refractivity contribution in [1.82, 2.24) is 10.2 Å². The van der Waals surface area contributed by atoms with Gasteiger partial charge in [0.2, 0.25) is 0 Å². The van der Waals surface area contributed by atoms with Crippen LogP contribution in [0.5, 0.6) is 0 Å². The molecule has 3 aromatic rings. The molecule has 34 heavy (non-hydrogen) atoms. The molecule has 0 unspecified atom stereocenters. The first-order chi connectivity index (χ1) is 16.6. The molecule has 2 N–H and O–H groups in total. The van der Waals surface area contributed by atoms with Crippen molar-refractivity contribution < 1.29 is 18.7 Å². The molecule has 2 heterocycles. The molecule has 0 aliphatic carbocycles. The van der Waals surface area contributed by atoms with Gasteiger partial charge in [-0.05, 0) is 60.9 Å². The zero-order valence-electron chi connectivity index (χ0n) is 18.7. The second kappa shape index (κ2) is 9.65. The molecule has 2 atom stereocenters. The molecule has 2 aliphatic rings. The molecule has 0 bridgehead atoms. The SMILES string of the molecule is O=C(NCc1ccc(F)cc1)c1ccc(N[C@@H]2c3ccccc3C(=O)N2C[C@H]2CCCO2)cc1. The Bertz CT molecular complexity index is 1170. The van der Waals surface area contributed by atoms with Crippen LogP contribution in [-0.2, 0) is 11.3 Å². The summed E-state index contributed by atoms with van der Waals surface area (Å²) in [5.41, 5.74) is 3.79. The third kappa shape index (κ3) is 4.65. The minimum Gasteiger partial charge on any atom is -0.376 e. The molecule has 0 aromatic heterocycles. The van der Waals surface area contributed by atoms with Gasteiger partial charge in [-0.1, -0.05) is 30.3 Å². The van der Waals surface area contributed by atoms with E-state index in [1.54, 1.807) is 24.3 Å². The number of carbonyl (C=O) groups excluding carboxylic acids is 2. The first kappa shape index (κ1) is 22.1. The number of rotatable bonds is 7. The molecular formula is C27H26FN3O3. The molecule has 0 saturated carbocycles. The second-order valence-electron chi connectivity index (χ2n) is 8.61. The van der Waals surface area contributed by atoms with Crippen LogP contribution >= 0.6 is 0 Å². The monoisotopic (exact) mass is 459 g/mol. The summed E-state index contributed by atoms with van der Waals surface area (Å²) in [5.74, 6) is -0.517. The number of anilines is 1. The number of hydrogen-bond donors (Lipinski definition) is 2. The highest BCUT2D eigenvalue weighted by Crippen LogP contribution is 2.35. The number of amides is 2. The predicted octanol–water partition coefficient (Wildman–Crippen LogP) is 4.50. The molecule has 0 radical (unpaired) electrons. The van der Waals surface area contributed by atoms with Crippen LogP contribution in [0, 0.1) is 5.82 Å². The lowest BCUT2D eigenvalue weighted by Gasteiger charge is -2.29. The molecule has 1 fully saturated rings. The summed E-state index contributed by atoms with van der Waals surface area (Å²) < 4.78 is 18.8. The molecule has 3 aromatic carbocycles. The molecular weight excluding hydrogens is 433 g/mol. The van der Waals surface area contributed by atoms with Crippen LogP contribution in [0.15, 0.2) is 72.8 Å². The second-order valence-corrected chi connectivity index (χ2v) is 8.61. The smallest absolute Gasteiger partial charge is 0.256 e. The Kier molecular flexibility index (Phi) is 6.27. The van der Waals surface area contributed by atoms with Gasteiger partial charge in [-0.25, -0.2) is 4.39 Å². The number of nitrogens with zero attached hydrogens (tertiary/aromatic N) is 1. The van der Waals surface area contributed by atoms with Crippen LogP contribution in [-0.4, -0.2) is 36.0 Å². The quantitative estimate of drug-likeness (QED) is 0.546. The van der Waals surface area contributed by atoms with Crippen molar-refractivity contribution >= 4 is 17.5 Å². The number of halogens is 1. The van der Waals surface area contributed by atoms with Crippen LogP contribution in [0.4, 0.5) is 10.1 Å². The molecule has 2 amide bonds. The normalized spacial score (nSPS) is 19.2. The van der Waals surface area contributed by atoms with Gasteiger partial charge < -0.3 is 20.3 Å². The van der Waals surface area contributed by atoms with E-state index in [1.807, 2.05) is 41.3 Å². The summed E-state index contributed by atoms with van der Waals surface area (Å²) in [7, 11) is 0. The number of benzene rings is 3. The van der Waals surface area contributed by atoms with E-state index in [4.69, 9.17) is 4.74 Å². The van der Waals surface area contributed by atoms with Crippen molar-refractivity contribution in [3.63, 3.8) is 0 Å². The molecule has 174 valence electrons. The van der Waals surface area contributed by atoms with E-state index in [2.05, 4.69) is 10.6 Å². The lowest BCUT2D eigenvalue weighted by atomic mass is 10.1. The Labute approximate surface area is 197 Å². The summed E-state index contributed by atoms with van der Waals surface area (Å²) in [6.07, 6.45) is 1.72. The van der Waals surface area contributed by atoms with Gasteiger partial charge in [0.05, 0.1) is 6.10 Å². The highest BCUT2D eigenvalue weighted by molar-refractivity contribution is 5.99. The molecule has 5 rings (SSSR count). The van der Waals surface area contributed by atoms with Gasteiger partial charge in [-0.2, -0.15) is 0 Å². The van der Waals surface area contributed by atoms with Crippen molar-refractivity contribution in [2.45, 2.75) is 31.7 Å². The van der Waals surface area contributed by atoms with Crippen LogP contribution in [0.25, 0.3) is 0 Å². The van der Waals surface area contributed by atoms with Crippen LogP contribution in [0.3, 0.4) is 0 Å². The summed E-state index contributed by atoms with van der Waals surface area (Å²) >= 11 is 0. The van der Waals surface area contributed by atoms with E-state index >= 15 is 0 Å². The molecule has 0 spiro atoms. The van der Waals surface area contributed by atoms with Crippen LogP contribution in [0.1, 0.15) is 50.9 Å². The first-order valence-electron chi connectivity index (χ1n) is 11.5. The maximum absolute atomic E-state index is 13.1. The summed E-state index contributed by atoms with van der Waals surface area (Å²) in [4.78, 5) is 27.5. The number of fused-ring (bicyclic) bond motifs is 1. The zero-order valence-corrected chi connectivity index (χ0v) is 18.7. The summed E-state index contributed by atoms with van der Waals surface area (Å²) in [6.45, 7) is 1.59. The maximum Gasteiger partial charge on any atom is 0.256 e. The van der Waals surface area contributed by atoms with Gasteiger partial charge in [0.25, 0.3) is 11.8 Å². The van der Waals surface area contributed by atoms with Gasteiger partial charge in [0, 0.05) is 42.1 Å². The minimum atomic E-state index is -0.306. The predicted molar refractivity (Wildman–Crippen MR) is 127 cm³/mol. The number of hydrogen-bond acceptors (Lipinski definition) is 4. The van der Waals surface area contributed by atoms with Gasteiger partial charge >= 0.3 is 0 Å². The Hall–Kier alpha value is -3.71. The maximum atomic E-state index is 13.1. The van der Waals surface area contributed by atoms with E-state index in [9.17, 15) is 14.0 Å². The summed E-state index contributed by atoms with van der Waals surface area (Å²) in [6, 6.07) is 20.8. The minimum absolute atomic E-state index is 0.000362. The standard InChI is InChI=1S/C27H26FN3O3/c28-20-11-7-18(8-12-20)16-29-26(32)19-9-13-21(14-10-19)30-25-23-5-1-2-6-24(23)27(33)31(25)17-22-4-3-15-34-22/h1-2,5-14,22,25,30H,3-4,15-17H2,(H,29,32)/t22-,25+/m1/s1. The number of nitrogens with one attached hydrogen (secondary N) is 2.